The molecule has 1 aliphatic rings. The molecule has 0 N–H and O–H groups in total. The fourth-order valence-electron chi connectivity index (χ4n) is 7.49. The largest absolute Gasteiger partial charge is 0.310 e. The number of fused-ring (bicyclic) bond motifs is 5. The summed E-state index contributed by atoms with van der Waals surface area (Å²) in [5.74, 6) is 0. The molecule has 0 radical (unpaired) electrons. The molecule has 0 saturated heterocycles. The maximum Gasteiger partial charge on any atom is 0.0538 e. The van der Waals surface area contributed by atoms with Gasteiger partial charge >= 0.3 is 0 Å². The molecule has 1 aliphatic carbocycles. The lowest BCUT2D eigenvalue weighted by atomic mass is 9.83. The molecule has 7 aromatic carbocycles. The summed E-state index contributed by atoms with van der Waals surface area (Å²) in [6.07, 6.45) is 9.76. The number of para-hydroxylation sites is 1. The van der Waals surface area contributed by atoms with E-state index in [-0.39, 0.29) is 0 Å². The molecule has 1 heteroatoms. The molecule has 46 heavy (non-hydrogen) atoms. The predicted molar refractivity (Wildman–Crippen MR) is 196 cm³/mol. The fourth-order valence-corrected chi connectivity index (χ4v) is 7.49. The van der Waals surface area contributed by atoms with Crippen LogP contribution < -0.4 is 0 Å². The Hall–Kier alpha value is -5.92. The van der Waals surface area contributed by atoms with Crippen LogP contribution in [0.25, 0.3) is 77.6 Å². The first kappa shape index (κ1) is 26.5. The van der Waals surface area contributed by atoms with E-state index in [0.29, 0.717) is 0 Å². The molecule has 0 saturated carbocycles. The van der Waals surface area contributed by atoms with Crippen LogP contribution in [0.5, 0.6) is 0 Å². The van der Waals surface area contributed by atoms with E-state index in [1.165, 1.54) is 82.8 Å². The van der Waals surface area contributed by atoms with Gasteiger partial charge in [-0.05, 0) is 97.3 Å². The van der Waals surface area contributed by atoms with Crippen molar-refractivity contribution in [2.75, 3.05) is 0 Å². The van der Waals surface area contributed by atoms with Crippen molar-refractivity contribution in [2.45, 2.75) is 6.42 Å². The minimum absolute atomic E-state index is 0.902. The van der Waals surface area contributed by atoms with E-state index in [1.807, 2.05) is 0 Å². The Morgan fingerprint density at radius 3 is 1.72 bits per heavy atom. The molecular weight excluding hydrogens is 555 g/mol. The third-order valence-electron chi connectivity index (χ3n) is 9.45. The Bertz CT molecular complexity index is 2420. The van der Waals surface area contributed by atoms with E-state index in [9.17, 15) is 0 Å². The topological polar surface area (TPSA) is 4.93 Å². The van der Waals surface area contributed by atoms with Gasteiger partial charge in [0.15, 0.2) is 0 Å². The fraction of sp³-hybridized carbons (Fsp3) is 0.0222. The second-order valence-electron chi connectivity index (χ2n) is 12.0. The monoisotopic (exact) mass is 585 g/mol. The van der Waals surface area contributed by atoms with Gasteiger partial charge in [-0.25, -0.2) is 0 Å². The van der Waals surface area contributed by atoms with Gasteiger partial charge in [0, 0.05) is 11.1 Å². The van der Waals surface area contributed by atoms with E-state index in [1.54, 1.807) is 0 Å². The lowest BCUT2D eigenvalue weighted by Gasteiger charge is -2.20. The lowest BCUT2D eigenvalue weighted by molar-refractivity contribution is 1.09. The van der Waals surface area contributed by atoms with Crippen LogP contribution in [0.1, 0.15) is 11.3 Å². The summed E-state index contributed by atoms with van der Waals surface area (Å²) in [6.45, 7) is 0. The standard InChI is InChI=1S/C45H31N/c1-4-16-31(17-5-1)34-20-10-11-22-36(34)45-39-25-14-12-23-37(39)44(38-24-13-15-26-40(38)45)32-28-29-43-41(30-32)35-21-8-3-9-27-42(35)46(43)33-18-6-2-7-19-33/h1-20,22-30H,21H2. The highest BCUT2D eigenvalue weighted by molar-refractivity contribution is 6.22. The van der Waals surface area contributed by atoms with Crippen molar-refractivity contribution in [1.29, 1.82) is 0 Å². The van der Waals surface area contributed by atoms with Crippen molar-refractivity contribution in [3.05, 3.63) is 181 Å². The number of hydrogen-bond donors (Lipinski definition) is 0. The van der Waals surface area contributed by atoms with Crippen molar-refractivity contribution in [3.63, 3.8) is 0 Å². The highest BCUT2D eigenvalue weighted by Gasteiger charge is 2.21. The van der Waals surface area contributed by atoms with E-state index in [4.69, 9.17) is 0 Å². The number of nitrogens with zero attached hydrogens (tertiary/aromatic N) is 1. The first-order valence-electron chi connectivity index (χ1n) is 16.0. The molecule has 0 unspecified atom stereocenters. The third-order valence-corrected chi connectivity index (χ3v) is 9.45. The van der Waals surface area contributed by atoms with Crippen molar-refractivity contribution in [3.8, 4) is 39.1 Å². The molecule has 0 fully saturated rings. The zero-order chi connectivity index (χ0) is 30.5. The first-order valence-corrected chi connectivity index (χ1v) is 16.0. The zero-order valence-electron chi connectivity index (χ0n) is 25.4. The van der Waals surface area contributed by atoms with Gasteiger partial charge in [-0.1, -0.05) is 146 Å². The summed E-state index contributed by atoms with van der Waals surface area (Å²) in [7, 11) is 0. The van der Waals surface area contributed by atoms with Gasteiger partial charge in [0.25, 0.3) is 0 Å². The number of benzene rings is 7. The number of allylic oxidation sites excluding steroid dienone is 3. The highest BCUT2D eigenvalue weighted by atomic mass is 15.0. The van der Waals surface area contributed by atoms with Crippen molar-refractivity contribution in [1.82, 2.24) is 4.57 Å². The molecule has 0 aliphatic heterocycles. The van der Waals surface area contributed by atoms with Crippen LogP contribution in [-0.4, -0.2) is 4.57 Å². The molecule has 0 bridgehead atoms. The Balaban J connectivity index is 1.35. The molecule has 9 rings (SSSR count). The molecule has 0 spiro atoms. The van der Waals surface area contributed by atoms with Gasteiger partial charge in [-0.2, -0.15) is 0 Å². The molecule has 1 heterocycles. The maximum absolute atomic E-state index is 2.44. The predicted octanol–water partition coefficient (Wildman–Crippen LogP) is 12.1. The van der Waals surface area contributed by atoms with E-state index in [0.717, 1.165) is 6.42 Å². The first-order chi connectivity index (χ1) is 22.9. The van der Waals surface area contributed by atoms with Gasteiger partial charge < -0.3 is 4.57 Å². The smallest absolute Gasteiger partial charge is 0.0538 e. The Morgan fingerprint density at radius 1 is 0.435 bits per heavy atom. The quantitative estimate of drug-likeness (QED) is 0.181. The third kappa shape index (κ3) is 4.17. The normalized spacial score (nSPS) is 12.5. The van der Waals surface area contributed by atoms with Crippen molar-refractivity contribution in [2.24, 2.45) is 0 Å². The number of aromatic nitrogens is 1. The van der Waals surface area contributed by atoms with Crippen LogP contribution in [-0.2, 0) is 6.42 Å². The van der Waals surface area contributed by atoms with Crippen LogP contribution in [0, 0.1) is 0 Å². The minimum Gasteiger partial charge on any atom is -0.310 e. The second kappa shape index (κ2) is 10.9. The van der Waals surface area contributed by atoms with Crippen molar-refractivity contribution >= 4 is 38.5 Å². The Kier molecular flexibility index (Phi) is 6.28. The number of hydrogen-bond acceptors (Lipinski definition) is 0. The molecule has 0 amide bonds. The molecular formula is C45H31N. The summed E-state index contributed by atoms with van der Waals surface area (Å²) < 4.78 is 2.41. The van der Waals surface area contributed by atoms with Gasteiger partial charge in [0.05, 0.1) is 11.2 Å². The Morgan fingerprint density at radius 2 is 1.02 bits per heavy atom. The highest BCUT2D eigenvalue weighted by Crippen LogP contribution is 2.47. The van der Waals surface area contributed by atoms with E-state index in [2.05, 4.69) is 181 Å². The summed E-state index contributed by atoms with van der Waals surface area (Å²) in [5.41, 5.74) is 12.6. The Labute approximate surface area is 269 Å². The van der Waals surface area contributed by atoms with Crippen LogP contribution in [0.15, 0.2) is 170 Å². The van der Waals surface area contributed by atoms with Crippen molar-refractivity contribution < 1.29 is 0 Å². The van der Waals surface area contributed by atoms with E-state index >= 15 is 0 Å². The van der Waals surface area contributed by atoms with E-state index < -0.39 is 0 Å². The second-order valence-corrected chi connectivity index (χ2v) is 12.0. The molecule has 0 atom stereocenters. The van der Waals surface area contributed by atoms with Gasteiger partial charge in [-0.3, -0.25) is 0 Å². The SMILES string of the molecule is C1=CCc2c(n(-c3ccccc3)c3ccc(-c4c5ccccc5c(-c5ccccc5-c5ccccc5)c5ccccc45)cc23)C=C1. The van der Waals surface area contributed by atoms with Gasteiger partial charge in [0.2, 0.25) is 0 Å². The zero-order valence-corrected chi connectivity index (χ0v) is 25.4. The van der Waals surface area contributed by atoms with Gasteiger partial charge in [-0.15, -0.1) is 0 Å². The van der Waals surface area contributed by atoms with Crippen LogP contribution in [0.3, 0.4) is 0 Å². The molecule has 1 aromatic heterocycles. The van der Waals surface area contributed by atoms with Crippen LogP contribution in [0.4, 0.5) is 0 Å². The molecule has 216 valence electrons. The summed E-state index contributed by atoms with van der Waals surface area (Å²) in [4.78, 5) is 0. The summed E-state index contributed by atoms with van der Waals surface area (Å²) in [6, 6.07) is 55.3. The average molecular weight is 586 g/mol. The summed E-state index contributed by atoms with van der Waals surface area (Å²) >= 11 is 0. The number of rotatable bonds is 4. The lowest BCUT2D eigenvalue weighted by Crippen LogP contribution is -1.97. The van der Waals surface area contributed by atoms with Crippen LogP contribution in [0.2, 0.25) is 0 Å². The van der Waals surface area contributed by atoms with Gasteiger partial charge in [0.1, 0.15) is 0 Å². The van der Waals surface area contributed by atoms with Crippen LogP contribution >= 0.6 is 0 Å². The minimum atomic E-state index is 0.902. The molecule has 1 nitrogen and oxygen atoms in total. The maximum atomic E-state index is 2.44. The summed E-state index contributed by atoms with van der Waals surface area (Å²) in [5, 5.41) is 6.38. The average Bonchev–Trinajstić information content (AvgIpc) is 3.24. The molecule has 8 aromatic rings.